The van der Waals surface area contributed by atoms with Crippen molar-refractivity contribution >= 4 is 17.6 Å². The number of esters is 1. The number of benzene rings is 2. The minimum absolute atomic E-state index is 0.123. The van der Waals surface area contributed by atoms with Crippen molar-refractivity contribution in [2.45, 2.75) is 40.2 Å². The van der Waals surface area contributed by atoms with Crippen molar-refractivity contribution in [3.63, 3.8) is 0 Å². The molecule has 5 heteroatoms. The zero-order valence-electron chi connectivity index (χ0n) is 15.7. The van der Waals surface area contributed by atoms with Crippen LogP contribution in [-0.4, -0.2) is 24.6 Å². The first-order valence-electron chi connectivity index (χ1n) is 8.70. The zero-order chi connectivity index (χ0) is 19.1. The number of ether oxygens (including phenoxy) is 2. The maximum Gasteiger partial charge on any atom is 0.344 e. The molecule has 5 nitrogen and oxygen atoms in total. The molecule has 2 aromatic carbocycles. The van der Waals surface area contributed by atoms with Gasteiger partial charge in [0.2, 0.25) is 0 Å². The van der Waals surface area contributed by atoms with Crippen molar-refractivity contribution in [3.8, 4) is 5.75 Å². The lowest BCUT2D eigenvalue weighted by Crippen LogP contribution is -2.20. The third-order valence-corrected chi connectivity index (χ3v) is 4.23. The molecule has 2 aromatic rings. The van der Waals surface area contributed by atoms with Crippen molar-refractivity contribution in [3.05, 3.63) is 59.2 Å². The van der Waals surface area contributed by atoms with Gasteiger partial charge < -0.3 is 14.8 Å². The van der Waals surface area contributed by atoms with Gasteiger partial charge in [-0.15, -0.1) is 0 Å². The highest BCUT2D eigenvalue weighted by atomic mass is 16.6. The van der Waals surface area contributed by atoms with Crippen molar-refractivity contribution in [2.75, 3.05) is 11.9 Å². The molecule has 26 heavy (non-hydrogen) atoms. The molecule has 0 radical (unpaired) electrons. The topological polar surface area (TPSA) is 64.6 Å². The summed E-state index contributed by atoms with van der Waals surface area (Å²) in [6.45, 7) is 7.60. The Morgan fingerprint density at radius 3 is 2.42 bits per heavy atom. The lowest BCUT2D eigenvalue weighted by Gasteiger charge is -2.12. The number of carbonyl (C=O) groups excluding carboxylic acids is 2. The standard InChI is InChI=1S/C21H25NO4/c1-5-15(3)26-20(23)13-25-18-11-9-17(10-12-18)21(24)22-19-8-6-7-14(2)16(19)4/h6-12,15H,5,13H2,1-4H3,(H,22,24). The SMILES string of the molecule is CCC(C)OC(=O)COc1ccc(C(=O)Nc2cccc(C)c2C)cc1. The number of nitrogens with one attached hydrogen (secondary N) is 1. The Balaban J connectivity index is 1.93. The van der Waals surface area contributed by atoms with Crippen LogP contribution in [0.2, 0.25) is 0 Å². The maximum absolute atomic E-state index is 12.4. The van der Waals surface area contributed by atoms with Crippen LogP contribution in [0.4, 0.5) is 5.69 Å². The van der Waals surface area contributed by atoms with E-state index < -0.39 is 5.97 Å². The van der Waals surface area contributed by atoms with E-state index in [1.165, 1.54) is 0 Å². The highest BCUT2D eigenvalue weighted by Gasteiger charge is 2.11. The van der Waals surface area contributed by atoms with E-state index in [2.05, 4.69) is 5.32 Å². The normalized spacial score (nSPS) is 11.5. The number of anilines is 1. The number of rotatable bonds is 7. The quantitative estimate of drug-likeness (QED) is 0.753. The lowest BCUT2D eigenvalue weighted by atomic mass is 10.1. The van der Waals surface area contributed by atoms with Crippen LogP contribution >= 0.6 is 0 Å². The molecule has 138 valence electrons. The Morgan fingerprint density at radius 1 is 1.08 bits per heavy atom. The maximum atomic E-state index is 12.4. The molecule has 0 bridgehead atoms. The van der Waals surface area contributed by atoms with Gasteiger partial charge in [0.15, 0.2) is 6.61 Å². The molecule has 0 aliphatic carbocycles. The molecular weight excluding hydrogens is 330 g/mol. The number of hydrogen-bond acceptors (Lipinski definition) is 4. The number of amides is 1. The summed E-state index contributed by atoms with van der Waals surface area (Å²) in [5.41, 5.74) is 3.47. The highest BCUT2D eigenvalue weighted by molar-refractivity contribution is 6.04. The molecule has 2 rings (SSSR count). The minimum atomic E-state index is -0.406. The summed E-state index contributed by atoms with van der Waals surface area (Å²) >= 11 is 0. The summed E-state index contributed by atoms with van der Waals surface area (Å²) in [4.78, 5) is 24.0. The van der Waals surface area contributed by atoms with Gasteiger partial charge in [0.1, 0.15) is 5.75 Å². The van der Waals surface area contributed by atoms with Gasteiger partial charge in [-0.2, -0.15) is 0 Å². The second-order valence-corrected chi connectivity index (χ2v) is 6.22. The number of aryl methyl sites for hydroxylation is 1. The largest absolute Gasteiger partial charge is 0.482 e. The smallest absolute Gasteiger partial charge is 0.344 e. The summed E-state index contributed by atoms with van der Waals surface area (Å²) in [5, 5.41) is 2.91. The Bertz CT molecular complexity index is 768. The molecule has 0 aliphatic rings. The van der Waals surface area contributed by atoms with Crippen molar-refractivity contribution in [1.82, 2.24) is 0 Å². The van der Waals surface area contributed by atoms with Gasteiger partial charge >= 0.3 is 5.97 Å². The fourth-order valence-electron chi connectivity index (χ4n) is 2.27. The van der Waals surface area contributed by atoms with Crippen LogP contribution in [0.1, 0.15) is 41.8 Å². The Labute approximate surface area is 154 Å². The fraction of sp³-hybridized carbons (Fsp3) is 0.333. The third-order valence-electron chi connectivity index (χ3n) is 4.23. The van der Waals surface area contributed by atoms with Gasteiger partial charge in [-0.1, -0.05) is 19.1 Å². The molecular formula is C21H25NO4. The van der Waals surface area contributed by atoms with Crippen molar-refractivity contribution < 1.29 is 19.1 Å². The molecule has 1 amide bonds. The molecule has 0 spiro atoms. The summed E-state index contributed by atoms with van der Waals surface area (Å²) in [6, 6.07) is 12.4. The van der Waals surface area contributed by atoms with E-state index in [1.807, 2.05) is 45.9 Å². The lowest BCUT2D eigenvalue weighted by molar-refractivity contribution is -0.150. The van der Waals surface area contributed by atoms with Crippen LogP contribution in [0.15, 0.2) is 42.5 Å². The summed E-state index contributed by atoms with van der Waals surface area (Å²) in [7, 11) is 0. The summed E-state index contributed by atoms with van der Waals surface area (Å²) < 4.78 is 10.5. The van der Waals surface area contributed by atoms with Gasteiger partial charge in [-0.3, -0.25) is 4.79 Å². The molecule has 0 heterocycles. The van der Waals surface area contributed by atoms with Crippen LogP contribution in [0.25, 0.3) is 0 Å². The Hall–Kier alpha value is -2.82. The van der Waals surface area contributed by atoms with Crippen LogP contribution < -0.4 is 10.1 Å². The molecule has 1 N–H and O–H groups in total. The van der Waals surface area contributed by atoms with Gasteiger partial charge in [0.05, 0.1) is 6.10 Å². The van der Waals surface area contributed by atoms with E-state index >= 15 is 0 Å². The average molecular weight is 355 g/mol. The first-order chi connectivity index (χ1) is 12.4. The summed E-state index contributed by atoms with van der Waals surface area (Å²) in [6.07, 6.45) is 0.637. The molecule has 1 unspecified atom stereocenters. The van der Waals surface area contributed by atoms with E-state index in [0.29, 0.717) is 11.3 Å². The fourth-order valence-corrected chi connectivity index (χ4v) is 2.27. The van der Waals surface area contributed by atoms with E-state index in [9.17, 15) is 9.59 Å². The molecule has 0 aromatic heterocycles. The number of carbonyl (C=O) groups is 2. The minimum Gasteiger partial charge on any atom is -0.482 e. The molecule has 1 atom stereocenters. The predicted molar refractivity (Wildman–Crippen MR) is 102 cm³/mol. The predicted octanol–water partition coefficient (Wildman–Crippen LogP) is 4.28. The molecule has 0 saturated heterocycles. The highest BCUT2D eigenvalue weighted by Crippen LogP contribution is 2.19. The zero-order valence-corrected chi connectivity index (χ0v) is 15.7. The first-order valence-corrected chi connectivity index (χ1v) is 8.70. The molecule has 0 fully saturated rings. The van der Waals surface area contributed by atoms with Gasteiger partial charge in [0, 0.05) is 11.3 Å². The van der Waals surface area contributed by atoms with E-state index in [0.717, 1.165) is 23.2 Å². The number of hydrogen-bond donors (Lipinski definition) is 1. The van der Waals surface area contributed by atoms with Crippen LogP contribution in [0.5, 0.6) is 5.75 Å². The van der Waals surface area contributed by atoms with Crippen LogP contribution in [0, 0.1) is 13.8 Å². The molecule has 0 saturated carbocycles. The van der Waals surface area contributed by atoms with Crippen molar-refractivity contribution in [1.29, 1.82) is 0 Å². The Morgan fingerprint density at radius 2 is 1.77 bits per heavy atom. The summed E-state index contributed by atoms with van der Waals surface area (Å²) in [5.74, 6) is -0.0908. The second kappa shape index (κ2) is 9.04. The van der Waals surface area contributed by atoms with Gasteiger partial charge in [-0.05, 0) is 68.7 Å². The first kappa shape index (κ1) is 19.5. The third kappa shape index (κ3) is 5.34. The average Bonchev–Trinajstić information content (AvgIpc) is 2.64. The van der Waals surface area contributed by atoms with Crippen LogP contribution in [-0.2, 0) is 9.53 Å². The van der Waals surface area contributed by atoms with E-state index in [4.69, 9.17) is 9.47 Å². The van der Waals surface area contributed by atoms with Gasteiger partial charge in [0.25, 0.3) is 5.91 Å². The molecule has 0 aliphatic heterocycles. The Kier molecular flexibility index (Phi) is 6.78. The second-order valence-electron chi connectivity index (χ2n) is 6.22. The van der Waals surface area contributed by atoms with Gasteiger partial charge in [-0.25, -0.2) is 4.79 Å². The van der Waals surface area contributed by atoms with E-state index in [-0.39, 0.29) is 18.6 Å². The van der Waals surface area contributed by atoms with E-state index in [1.54, 1.807) is 24.3 Å². The monoisotopic (exact) mass is 355 g/mol. The van der Waals surface area contributed by atoms with Crippen LogP contribution in [0.3, 0.4) is 0 Å². The van der Waals surface area contributed by atoms with Crippen molar-refractivity contribution in [2.24, 2.45) is 0 Å².